The standard InChI is InChI=1S/C28H22ClF2N7O2S/c1-13(2)40-27-19(31)8-16(10-33-27)24-23-25(32)34-12-35-26(23)38(36-24)14(3)18-9-21-37(20(29)11-41-21)28(39)22(18)15-5-4-6-17(30)7-15/h4-14H,1-3H3,(H2,32,34,35)/t14-/m1/s1. The van der Waals surface area contributed by atoms with Gasteiger partial charge in [-0.1, -0.05) is 23.7 Å². The average Bonchev–Trinajstić information content (AvgIpc) is 3.51. The molecule has 5 aromatic heterocycles. The molecule has 208 valence electrons. The smallest absolute Gasteiger partial charge is 0.265 e. The van der Waals surface area contributed by atoms with Gasteiger partial charge >= 0.3 is 0 Å². The van der Waals surface area contributed by atoms with E-state index in [0.29, 0.717) is 38.2 Å². The fraction of sp³-hybridized carbons (Fsp3) is 0.179. The van der Waals surface area contributed by atoms with Gasteiger partial charge in [-0.05, 0) is 56.2 Å². The van der Waals surface area contributed by atoms with Crippen LogP contribution in [0.3, 0.4) is 0 Å². The van der Waals surface area contributed by atoms with E-state index in [1.807, 2.05) is 13.0 Å². The summed E-state index contributed by atoms with van der Waals surface area (Å²) >= 11 is 7.64. The van der Waals surface area contributed by atoms with Crippen LogP contribution in [0.15, 0.2) is 59.1 Å². The number of thiazole rings is 1. The summed E-state index contributed by atoms with van der Waals surface area (Å²) in [4.78, 5) is 27.1. The molecule has 0 saturated heterocycles. The van der Waals surface area contributed by atoms with Crippen LogP contribution in [0.2, 0.25) is 5.15 Å². The molecule has 2 N–H and O–H groups in total. The lowest BCUT2D eigenvalue weighted by Gasteiger charge is -2.18. The Bertz CT molecular complexity index is 2020. The third kappa shape index (κ3) is 4.58. The average molecular weight is 594 g/mol. The first-order chi connectivity index (χ1) is 19.6. The first-order valence-electron chi connectivity index (χ1n) is 12.5. The second-order valence-corrected chi connectivity index (χ2v) is 10.9. The maximum Gasteiger partial charge on any atom is 0.265 e. The summed E-state index contributed by atoms with van der Waals surface area (Å²) in [7, 11) is 0. The van der Waals surface area contributed by atoms with Crippen LogP contribution in [0.5, 0.6) is 5.88 Å². The Morgan fingerprint density at radius 2 is 1.88 bits per heavy atom. The van der Waals surface area contributed by atoms with Crippen LogP contribution in [-0.4, -0.2) is 35.2 Å². The molecule has 6 aromatic rings. The van der Waals surface area contributed by atoms with Gasteiger partial charge in [-0.25, -0.2) is 28.4 Å². The highest BCUT2D eigenvalue weighted by atomic mass is 35.5. The Morgan fingerprint density at radius 1 is 1.07 bits per heavy atom. The van der Waals surface area contributed by atoms with Crippen molar-refractivity contribution in [2.45, 2.75) is 32.9 Å². The Labute approximate surface area is 240 Å². The summed E-state index contributed by atoms with van der Waals surface area (Å²) in [5, 5.41) is 7.07. The number of halogens is 3. The number of nitrogens with zero attached hydrogens (tertiary/aromatic N) is 6. The Hall–Kier alpha value is -4.42. The number of nitrogens with two attached hydrogens (primary N) is 1. The van der Waals surface area contributed by atoms with Crippen LogP contribution < -0.4 is 16.0 Å². The lowest BCUT2D eigenvalue weighted by molar-refractivity contribution is 0.221. The molecule has 0 aliphatic heterocycles. The van der Waals surface area contributed by atoms with Gasteiger partial charge in [-0.2, -0.15) is 5.10 Å². The number of nitrogen functional groups attached to an aromatic ring is 1. The highest BCUT2D eigenvalue weighted by Crippen LogP contribution is 2.37. The molecule has 13 heteroatoms. The molecule has 0 amide bonds. The molecule has 0 unspecified atom stereocenters. The number of pyridine rings is 2. The zero-order chi connectivity index (χ0) is 29.0. The second-order valence-electron chi connectivity index (χ2n) is 9.63. The predicted octanol–water partition coefficient (Wildman–Crippen LogP) is 6.14. The molecular formula is C28H22ClF2N7O2S. The van der Waals surface area contributed by atoms with Crippen molar-refractivity contribution in [1.29, 1.82) is 0 Å². The first-order valence-corrected chi connectivity index (χ1v) is 13.8. The molecule has 0 aliphatic rings. The van der Waals surface area contributed by atoms with Crippen molar-refractivity contribution in [3.05, 3.63) is 87.0 Å². The van der Waals surface area contributed by atoms with Gasteiger partial charge in [0.15, 0.2) is 11.5 Å². The Morgan fingerprint density at radius 3 is 2.61 bits per heavy atom. The molecule has 9 nitrogen and oxygen atoms in total. The fourth-order valence-electron chi connectivity index (χ4n) is 4.78. The number of anilines is 1. The van der Waals surface area contributed by atoms with E-state index >= 15 is 0 Å². The van der Waals surface area contributed by atoms with E-state index in [-0.39, 0.29) is 28.5 Å². The second kappa shape index (κ2) is 10.2. The Kier molecular flexibility index (Phi) is 6.66. The molecule has 6 rings (SSSR count). The number of hydrogen-bond donors (Lipinski definition) is 1. The minimum Gasteiger partial charge on any atom is -0.473 e. The van der Waals surface area contributed by atoms with E-state index in [9.17, 15) is 13.6 Å². The van der Waals surface area contributed by atoms with Crippen LogP contribution in [-0.2, 0) is 0 Å². The summed E-state index contributed by atoms with van der Waals surface area (Å²) in [5.74, 6) is -1.15. The molecule has 0 spiro atoms. The highest BCUT2D eigenvalue weighted by molar-refractivity contribution is 7.16. The number of benzene rings is 1. The number of ether oxygens (including phenoxy) is 1. The van der Waals surface area contributed by atoms with Gasteiger partial charge in [-0.15, -0.1) is 11.3 Å². The summed E-state index contributed by atoms with van der Waals surface area (Å²) < 4.78 is 37.7. The quantitative estimate of drug-likeness (QED) is 0.247. The van der Waals surface area contributed by atoms with Gasteiger partial charge in [-0.3, -0.25) is 9.20 Å². The van der Waals surface area contributed by atoms with Gasteiger partial charge in [0.1, 0.15) is 33.6 Å². The molecule has 41 heavy (non-hydrogen) atoms. The third-order valence-electron chi connectivity index (χ3n) is 6.57. The molecule has 0 aliphatic carbocycles. The molecule has 0 fully saturated rings. The number of fused-ring (bicyclic) bond motifs is 2. The largest absolute Gasteiger partial charge is 0.473 e. The van der Waals surface area contributed by atoms with Gasteiger partial charge in [0, 0.05) is 17.1 Å². The molecule has 5 heterocycles. The molecule has 0 saturated carbocycles. The summed E-state index contributed by atoms with van der Waals surface area (Å²) in [6, 6.07) is 8.26. The normalized spacial score (nSPS) is 12.5. The molecule has 0 radical (unpaired) electrons. The summed E-state index contributed by atoms with van der Waals surface area (Å²) in [5.41, 5.74) is 8.05. The van der Waals surface area contributed by atoms with E-state index in [0.717, 1.165) is 0 Å². The van der Waals surface area contributed by atoms with Crippen molar-refractivity contribution in [1.82, 2.24) is 29.1 Å². The van der Waals surface area contributed by atoms with Crippen LogP contribution in [0.25, 0.3) is 38.2 Å². The predicted molar refractivity (Wildman–Crippen MR) is 154 cm³/mol. The summed E-state index contributed by atoms with van der Waals surface area (Å²) in [6.07, 6.45) is 2.48. The van der Waals surface area contributed by atoms with Crippen molar-refractivity contribution < 1.29 is 13.5 Å². The monoisotopic (exact) mass is 593 g/mol. The highest BCUT2D eigenvalue weighted by Gasteiger charge is 2.26. The van der Waals surface area contributed by atoms with Crippen molar-refractivity contribution in [3.63, 3.8) is 0 Å². The minimum absolute atomic E-state index is 0.131. The zero-order valence-corrected chi connectivity index (χ0v) is 23.5. The third-order valence-corrected chi connectivity index (χ3v) is 7.86. The molecule has 0 bridgehead atoms. The maximum atomic E-state index is 14.9. The van der Waals surface area contributed by atoms with Crippen LogP contribution in [0.1, 0.15) is 32.4 Å². The number of rotatable bonds is 6. The van der Waals surface area contributed by atoms with Gasteiger partial charge in [0.2, 0.25) is 0 Å². The van der Waals surface area contributed by atoms with Crippen molar-refractivity contribution in [3.8, 4) is 28.3 Å². The van der Waals surface area contributed by atoms with E-state index in [4.69, 9.17) is 27.2 Å². The number of hydrogen-bond acceptors (Lipinski definition) is 8. The lowest BCUT2D eigenvalue weighted by Crippen LogP contribution is -2.20. The SMILES string of the molecule is CC(C)Oc1ncc(-c2nn([C@H](C)c3cc4scc(Cl)n4c(=O)c3-c3cccc(F)c3)c3ncnc(N)c23)cc1F. The van der Waals surface area contributed by atoms with E-state index < -0.39 is 23.2 Å². The van der Waals surface area contributed by atoms with Crippen molar-refractivity contribution >= 4 is 44.6 Å². The Balaban J connectivity index is 1.59. The lowest BCUT2D eigenvalue weighted by atomic mass is 9.97. The number of aromatic nitrogens is 6. The molecular weight excluding hydrogens is 572 g/mol. The van der Waals surface area contributed by atoms with Crippen molar-refractivity contribution in [2.75, 3.05) is 5.73 Å². The molecule has 1 atom stereocenters. The molecule has 1 aromatic carbocycles. The van der Waals surface area contributed by atoms with Crippen LogP contribution in [0.4, 0.5) is 14.6 Å². The summed E-state index contributed by atoms with van der Waals surface area (Å²) in [6.45, 7) is 5.38. The fourth-order valence-corrected chi connectivity index (χ4v) is 5.94. The van der Waals surface area contributed by atoms with Gasteiger partial charge in [0.05, 0.1) is 23.1 Å². The van der Waals surface area contributed by atoms with Crippen LogP contribution in [0, 0.1) is 11.6 Å². The maximum absolute atomic E-state index is 14.9. The zero-order valence-electron chi connectivity index (χ0n) is 22.0. The van der Waals surface area contributed by atoms with E-state index in [2.05, 4.69) is 15.0 Å². The first kappa shape index (κ1) is 26.8. The van der Waals surface area contributed by atoms with E-state index in [1.54, 1.807) is 30.0 Å². The van der Waals surface area contributed by atoms with E-state index in [1.165, 1.54) is 52.5 Å². The van der Waals surface area contributed by atoms with Crippen molar-refractivity contribution in [2.24, 2.45) is 0 Å². The topological polar surface area (TPSA) is 113 Å². The minimum atomic E-state index is -0.663. The van der Waals surface area contributed by atoms with Gasteiger partial charge < -0.3 is 10.5 Å². The van der Waals surface area contributed by atoms with Gasteiger partial charge in [0.25, 0.3) is 11.4 Å². The van der Waals surface area contributed by atoms with Crippen LogP contribution >= 0.6 is 22.9 Å².